The van der Waals surface area contributed by atoms with Crippen molar-refractivity contribution in [2.75, 3.05) is 0 Å². The number of aliphatic hydroxyl groups is 1. The number of aliphatic hydroxyl groups excluding tert-OH is 1. The number of allylic oxidation sites excluding steroid dienone is 5. The minimum atomic E-state index is -0.548. The summed E-state index contributed by atoms with van der Waals surface area (Å²) in [7, 11) is 0. The van der Waals surface area contributed by atoms with E-state index in [1.807, 2.05) is 12.1 Å². The molecule has 6 rings (SSSR count). The largest absolute Gasteiger partial charge is 0.511 e. The number of hydrogen-bond donors (Lipinski definition) is 1. The lowest BCUT2D eigenvalue weighted by Crippen LogP contribution is -2.53. The van der Waals surface area contributed by atoms with Crippen LogP contribution in [0.3, 0.4) is 0 Å². The van der Waals surface area contributed by atoms with Crippen molar-refractivity contribution < 1.29 is 9.90 Å². The van der Waals surface area contributed by atoms with Gasteiger partial charge in [-0.3, -0.25) is 4.79 Å². The van der Waals surface area contributed by atoms with Crippen molar-refractivity contribution in [1.29, 1.82) is 0 Å². The molecule has 5 aliphatic rings. The number of hydrogen-bond acceptors (Lipinski definition) is 2. The number of carbonyl (C=O) groups is 1. The monoisotopic (exact) mass is 372 g/mol. The number of rotatable bonds is 1. The van der Waals surface area contributed by atoms with Crippen molar-refractivity contribution >= 4 is 5.78 Å². The lowest BCUT2D eigenvalue weighted by atomic mass is 9.47. The second kappa shape index (κ2) is 5.72. The van der Waals surface area contributed by atoms with Gasteiger partial charge >= 0.3 is 0 Å². The molecule has 0 radical (unpaired) electrons. The van der Waals surface area contributed by atoms with E-state index >= 15 is 0 Å². The first-order chi connectivity index (χ1) is 13.7. The molecular weight excluding hydrogens is 344 g/mol. The van der Waals surface area contributed by atoms with Gasteiger partial charge in [-0.25, -0.2) is 0 Å². The first-order valence-electron chi connectivity index (χ1n) is 11.1. The fourth-order valence-corrected chi connectivity index (χ4v) is 7.79. The summed E-state index contributed by atoms with van der Waals surface area (Å²) in [4.78, 5) is 14.1. The van der Waals surface area contributed by atoms with Gasteiger partial charge in [0.25, 0.3) is 0 Å². The first-order valence-corrected chi connectivity index (χ1v) is 11.1. The molecule has 5 aliphatic carbocycles. The summed E-state index contributed by atoms with van der Waals surface area (Å²) < 4.78 is 0. The zero-order valence-corrected chi connectivity index (χ0v) is 16.4. The van der Waals surface area contributed by atoms with Crippen LogP contribution in [0.4, 0.5) is 0 Å². The summed E-state index contributed by atoms with van der Waals surface area (Å²) in [6.45, 7) is 0. The molecule has 5 atom stereocenters. The molecule has 0 amide bonds. The van der Waals surface area contributed by atoms with Crippen LogP contribution in [-0.4, -0.2) is 10.9 Å². The normalized spacial score (nSPS) is 40.9. The van der Waals surface area contributed by atoms with Crippen molar-refractivity contribution in [3.63, 3.8) is 0 Å². The molecule has 0 saturated heterocycles. The quantitative estimate of drug-likeness (QED) is 0.630. The number of benzene rings is 1. The summed E-state index contributed by atoms with van der Waals surface area (Å²) in [5.41, 5.74) is 2.34. The molecular formula is C26H28O2. The van der Waals surface area contributed by atoms with Crippen LogP contribution in [0.1, 0.15) is 73.2 Å². The summed E-state index contributed by atoms with van der Waals surface area (Å²) in [6, 6.07) is 8.28. The molecule has 0 heterocycles. The van der Waals surface area contributed by atoms with Crippen LogP contribution in [0.5, 0.6) is 0 Å². The molecule has 1 N–H and O–H groups in total. The zero-order valence-electron chi connectivity index (χ0n) is 16.4. The van der Waals surface area contributed by atoms with Crippen LogP contribution in [-0.2, 0) is 0 Å². The van der Waals surface area contributed by atoms with Gasteiger partial charge in [-0.1, -0.05) is 67.8 Å². The van der Waals surface area contributed by atoms with Crippen molar-refractivity contribution in [3.8, 4) is 0 Å². The molecule has 0 aliphatic heterocycles. The molecule has 28 heavy (non-hydrogen) atoms. The van der Waals surface area contributed by atoms with Crippen molar-refractivity contribution in [2.45, 2.75) is 57.3 Å². The van der Waals surface area contributed by atoms with Gasteiger partial charge in [0, 0.05) is 11.5 Å². The molecule has 144 valence electrons. The van der Waals surface area contributed by atoms with Crippen molar-refractivity contribution in [3.05, 3.63) is 71.0 Å². The second-order valence-corrected chi connectivity index (χ2v) is 9.55. The van der Waals surface area contributed by atoms with E-state index in [1.54, 1.807) is 0 Å². The third-order valence-electron chi connectivity index (χ3n) is 8.74. The second-order valence-electron chi connectivity index (χ2n) is 9.55. The molecule has 1 aromatic carbocycles. The Labute approximate surface area is 167 Å². The van der Waals surface area contributed by atoms with E-state index in [1.165, 1.54) is 24.0 Å². The summed E-state index contributed by atoms with van der Waals surface area (Å²) >= 11 is 0. The SMILES string of the molecule is O=C1c2ccccc2[C@@H]2CCCC[C@]12[C@]12C=CC=C[C@H]1[C@H]1CCCCC1=C2O. The van der Waals surface area contributed by atoms with E-state index < -0.39 is 10.8 Å². The van der Waals surface area contributed by atoms with Crippen LogP contribution in [0.2, 0.25) is 0 Å². The standard InChI is InChI=1S/C26H28O2/c27-23-19-11-3-1-9-17(19)21-13-5-7-15-25(21,23)26-16-8-6-14-22(26)18-10-2-4-12-20(18)24(26)28/h1,3,6,8-9,11,14,16,18,21-22,28H,2,4-5,7,10,12-13,15H2/t18-,21-,22-,25+,26+/m0/s1. The van der Waals surface area contributed by atoms with Gasteiger partial charge in [0.1, 0.15) is 5.76 Å². The zero-order chi connectivity index (χ0) is 18.9. The Morgan fingerprint density at radius 2 is 1.86 bits per heavy atom. The molecule has 0 unspecified atom stereocenters. The maximum Gasteiger partial charge on any atom is 0.171 e. The maximum absolute atomic E-state index is 14.1. The van der Waals surface area contributed by atoms with Crippen LogP contribution in [0.25, 0.3) is 0 Å². The van der Waals surface area contributed by atoms with Crippen LogP contribution in [0, 0.1) is 22.7 Å². The molecule has 2 fully saturated rings. The Morgan fingerprint density at radius 3 is 2.79 bits per heavy atom. The Hall–Kier alpha value is -2.09. The Morgan fingerprint density at radius 1 is 1.00 bits per heavy atom. The molecule has 2 heteroatoms. The summed E-state index contributed by atoms with van der Waals surface area (Å²) in [5, 5.41) is 11.8. The highest BCUT2D eigenvalue weighted by atomic mass is 16.3. The average Bonchev–Trinajstić information content (AvgIpc) is 3.18. The minimum Gasteiger partial charge on any atom is -0.511 e. The molecule has 0 bridgehead atoms. The number of ketones is 1. The van der Waals surface area contributed by atoms with E-state index in [0.29, 0.717) is 17.5 Å². The first kappa shape index (κ1) is 16.8. The maximum atomic E-state index is 14.1. The van der Waals surface area contributed by atoms with Crippen molar-refractivity contribution in [1.82, 2.24) is 0 Å². The van der Waals surface area contributed by atoms with Crippen LogP contribution >= 0.6 is 0 Å². The van der Waals surface area contributed by atoms with E-state index in [2.05, 4.69) is 36.4 Å². The predicted molar refractivity (Wildman–Crippen MR) is 110 cm³/mol. The molecule has 0 spiro atoms. The van der Waals surface area contributed by atoms with Gasteiger partial charge in [0.15, 0.2) is 5.78 Å². The third kappa shape index (κ3) is 1.74. The number of Topliss-reactive ketones (excluding diaryl/α,β-unsaturated/α-hetero) is 1. The Bertz CT molecular complexity index is 951. The van der Waals surface area contributed by atoms with E-state index in [0.717, 1.165) is 44.1 Å². The summed E-state index contributed by atoms with van der Waals surface area (Å²) in [6.07, 6.45) is 17.5. The fraction of sp³-hybridized carbons (Fsp3) is 0.500. The fourth-order valence-electron chi connectivity index (χ4n) is 7.79. The van der Waals surface area contributed by atoms with Crippen LogP contribution in [0.15, 0.2) is 59.9 Å². The average molecular weight is 373 g/mol. The van der Waals surface area contributed by atoms with Gasteiger partial charge in [0.05, 0.1) is 10.8 Å². The van der Waals surface area contributed by atoms with Gasteiger partial charge in [-0.05, 0) is 55.1 Å². The highest BCUT2D eigenvalue weighted by Crippen LogP contribution is 2.73. The topological polar surface area (TPSA) is 37.3 Å². The molecule has 1 aromatic rings. The lowest BCUT2D eigenvalue weighted by molar-refractivity contribution is 0.00299. The van der Waals surface area contributed by atoms with Gasteiger partial charge < -0.3 is 5.11 Å². The summed E-state index contributed by atoms with van der Waals surface area (Å²) in [5.74, 6) is 1.72. The Kier molecular flexibility index (Phi) is 3.44. The van der Waals surface area contributed by atoms with Crippen molar-refractivity contribution in [2.24, 2.45) is 22.7 Å². The smallest absolute Gasteiger partial charge is 0.171 e. The van der Waals surface area contributed by atoms with E-state index in [9.17, 15) is 9.90 Å². The minimum absolute atomic E-state index is 0.228. The highest BCUT2D eigenvalue weighted by Gasteiger charge is 2.70. The predicted octanol–water partition coefficient (Wildman–Crippen LogP) is 6.27. The van der Waals surface area contributed by atoms with Crippen LogP contribution < -0.4 is 0 Å². The van der Waals surface area contributed by atoms with E-state index in [-0.39, 0.29) is 11.8 Å². The Balaban J connectivity index is 1.63. The third-order valence-corrected chi connectivity index (χ3v) is 8.74. The molecule has 2 nitrogen and oxygen atoms in total. The highest BCUT2D eigenvalue weighted by molar-refractivity contribution is 6.07. The van der Waals surface area contributed by atoms with E-state index in [4.69, 9.17) is 0 Å². The number of fused-ring (bicyclic) bond motifs is 7. The van der Waals surface area contributed by atoms with Gasteiger partial charge in [0.2, 0.25) is 0 Å². The van der Waals surface area contributed by atoms with Gasteiger partial charge in [-0.15, -0.1) is 0 Å². The number of carbonyl (C=O) groups excluding carboxylic acids is 1. The molecule has 2 saturated carbocycles. The molecule has 0 aromatic heterocycles. The lowest BCUT2D eigenvalue weighted by Gasteiger charge is -2.53. The van der Waals surface area contributed by atoms with Gasteiger partial charge in [-0.2, -0.15) is 0 Å².